The number of nitrogens with zero attached hydrogens (tertiary/aromatic N) is 1. The molecule has 11 heavy (non-hydrogen) atoms. The largest absolute Gasteiger partial charge is 0.350 e. The minimum atomic E-state index is 0.421. The van der Waals surface area contributed by atoms with Crippen LogP contribution in [0.25, 0.3) is 0 Å². The molecule has 0 N–H and O–H groups in total. The third-order valence-electron chi connectivity index (χ3n) is 2.25. The Hall–Kier alpha value is -0.320. The van der Waals surface area contributed by atoms with Crippen LogP contribution in [0.3, 0.4) is 0 Å². The second kappa shape index (κ2) is 3.38. The lowest BCUT2D eigenvalue weighted by Crippen LogP contribution is -2.10. The topological polar surface area (TPSA) is 20.3 Å². The Labute approximate surface area is 69.9 Å². The molecule has 1 fully saturated rings. The van der Waals surface area contributed by atoms with Gasteiger partial charge in [-0.2, -0.15) is 0 Å². The van der Waals surface area contributed by atoms with Crippen molar-refractivity contribution < 1.29 is 4.79 Å². The zero-order valence-corrected chi connectivity index (χ0v) is 8.16. The van der Waals surface area contributed by atoms with Crippen LogP contribution in [-0.2, 0) is 4.79 Å². The molecule has 1 aliphatic rings. The van der Waals surface area contributed by atoms with E-state index in [2.05, 4.69) is 23.2 Å². The van der Waals surface area contributed by atoms with Crippen LogP contribution in [0.4, 0.5) is 0 Å². The molecule has 0 amide bonds. The summed E-state index contributed by atoms with van der Waals surface area (Å²) >= 11 is 0. The van der Waals surface area contributed by atoms with E-state index >= 15 is 0 Å². The fourth-order valence-electron chi connectivity index (χ4n) is 1.53. The van der Waals surface area contributed by atoms with Crippen molar-refractivity contribution in [3.63, 3.8) is 0 Å². The summed E-state index contributed by atoms with van der Waals surface area (Å²) in [5, 5.41) is 0. The average Bonchev–Trinajstić information content (AvgIpc) is 2.30. The molecule has 0 aromatic rings. The molecular weight excluding hydrogens is 157 g/mol. The molecule has 0 spiro atoms. The molecule has 1 aliphatic heterocycles. The van der Waals surface area contributed by atoms with Gasteiger partial charge in [0, 0.05) is 12.5 Å². The zero-order chi connectivity index (χ0) is 8.43. The fourth-order valence-corrected chi connectivity index (χ4v) is 1.92. The van der Waals surface area contributed by atoms with Gasteiger partial charge in [0.05, 0.1) is 0 Å². The molecule has 0 radical (unpaired) electrons. The lowest BCUT2D eigenvalue weighted by atomic mass is 9.93. The van der Waals surface area contributed by atoms with Gasteiger partial charge >= 0.3 is 0 Å². The first kappa shape index (κ1) is 8.77. The Morgan fingerprint density at radius 2 is 2.36 bits per heavy atom. The van der Waals surface area contributed by atoms with Gasteiger partial charge in [-0.05, 0) is 21.7 Å². The van der Waals surface area contributed by atoms with Crippen LogP contribution in [0.5, 0.6) is 0 Å². The minimum absolute atomic E-state index is 0.421. The Morgan fingerprint density at radius 1 is 1.73 bits per heavy atom. The SMILES string of the molecule is CC(C)[C@H]1CCN(P)C1=C=O. The molecular formula is C8H14NOP. The number of rotatable bonds is 1. The van der Waals surface area contributed by atoms with E-state index in [-0.39, 0.29) is 0 Å². The zero-order valence-electron chi connectivity index (χ0n) is 7.00. The maximum absolute atomic E-state index is 10.5. The molecule has 1 unspecified atom stereocenters. The van der Waals surface area contributed by atoms with Gasteiger partial charge in [-0.1, -0.05) is 13.8 Å². The first-order valence-corrected chi connectivity index (χ1v) is 4.45. The van der Waals surface area contributed by atoms with Gasteiger partial charge in [0.15, 0.2) is 0 Å². The molecule has 62 valence electrons. The molecule has 1 rings (SSSR count). The molecule has 2 nitrogen and oxygen atoms in total. The lowest BCUT2D eigenvalue weighted by molar-refractivity contribution is 0.452. The van der Waals surface area contributed by atoms with Crippen LogP contribution in [-0.4, -0.2) is 17.2 Å². The number of allylic oxidation sites excluding steroid dienone is 1. The standard InChI is InChI=1S/C8H14NOP/c1-6(2)7-3-4-9(11)8(7)5-10/h6-7H,3-4,11H2,1-2H3/t7-/m1/s1. The summed E-state index contributed by atoms with van der Waals surface area (Å²) < 4.78 is 1.93. The smallest absolute Gasteiger partial charge is 0.146 e. The second-order valence-corrected chi connectivity index (χ2v) is 3.94. The van der Waals surface area contributed by atoms with E-state index in [0.29, 0.717) is 11.8 Å². The van der Waals surface area contributed by atoms with Crippen molar-refractivity contribution in [1.29, 1.82) is 0 Å². The summed E-state index contributed by atoms with van der Waals surface area (Å²) in [5.41, 5.74) is 0.824. The monoisotopic (exact) mass is 171 g/mol. The van der Waals surface area contributed by atoms with Crippen molar-refractivity contribution in [2.45, 2.75) is 20.3 Å². The van der Waals surface area contributed by atoms with E-state index in [4.69, 9.17) is 0 Å². The van der Waals surface area contributed by atoms with Crippen LogP contribution in [0.1, 0.15) is 20.3 Å². The quantitative estimate of drug-likeness (QED) is 0.440. The van der Waals surface area contributed by atoms with Gasteiger partial charge in [0.1, 0.15) is 11.6 Å². The van der Waals surface area contributed by atoms with Gasteiger partial charge in [0.25, 0.3) is 0 Å². The fraction of sp³-hybridized carbons (Fsp3) is 0.750. The maximum atomic E-state index is 10.5. The maximum Gasteiger partial charge on any atom is 0.146 e. The van der Waals surface area contributed by atoms with Crippen LogP contribution < -0.4 is 0 Å². The van der Waals surface area contributed by atoms with Crippen LogP contribution in [0.2, 0.25) is 0 Å². The Bertz CT molecular complexity index is 196. The molecule has 1 heterocycles. The van der Waals surface area contributed by atoms with Crippen molar-refractivity contribution in [3.8, 4) is 0 Å². The van der Waals surface area contributed by atoms with E-state index in [9.17, 15) is 4.79 Å². The number of hydrogen-bond acceptors (Lipinski definition) is 2. The van der Waals surface area contributed by atoms with Gasteiger partial charge in [0.2, 0.25) is 0 Å². The Morgan fingerprint density at radius 3 is 2.73 bits per heavy atom. The highest BCUT2D eigenvalue weighted by molar-refractivity contribution is 7.13. The van der Waals surface area contributed by atoms with E-state index in [0.717, 1.165) is 18.7 Å². The first-order chi connectivity index (χ1) is 5.16. The third-order valence-corrected chi connectivity index (χ3v) is 2.79. The summed E-state index contributed by atoms with van der Waals surface area (Å²) in [5.74, 6) is 2.99. The highest BCUT2D eigenvalue weighted by atomic mass is 31.0. The predicted molar refractivity (Wildman–Crippen MR) is 48.6 cm³/mol. The molecule has 0 saturated carbocycles. The van der Waals surface area contributed by atoms with E-state index in [1.54, 1.807) is 0 Å². The lowest BCUT2D eigenvalue weighted by Gasteiger charge is -2.15. The van der Waals surface area contributed by atoms with Crippen molar-refractivity contribution in [1.82, 2.24) is 4.67 Å². The second-order valence-electron chi connectivity index (χ2n) is 3.32. The Balaban J connectivity index is 2.78. The molecule has 2 atom stereocenters. The average molecular weight is 171 g/mol. The van der Waals surface area contributed by atoms with Crippen molar-refractivity contribution in [2.75, 3.05) is 6.54 Å². The minimum Gasteiger partial charge on any atom is -0.350 e. The molecule has 0 aliphatic carbocycles. The summed E-state index contributed by atoms with van der Waals surface area (Å²) in [4.78, 5) is 10.5. The van der Waals surface area contributed by atoms with Gasteiger partial charge in [-0.15, -0.1) is 0 Å². The van der Waals surface area contributed by atoms with Crippen molar-refractivity contribution in [3.05, 3.63) is 5.70 Å². The normalized spacial score (nSPS) is 24.5. The Kier molecular flexibility index (Phi) is 2.70. The summed E-state index contributed by atoms with van der Waals surface area (Å²) in [6, 6.07) is 0. The van der Waals surface area contributed by atoms with Crippen LogP contribution in [0.15, 0.2) is 5.70 Å². The van der Waals surface area contributed by atoms with Crippen molar-refractivity contribution >= 4 is 15.3 Å². The molecule has 0 bridgehead atoms. The summed E-state index contributed by atoms with van der Waals surface area (Å²) in [6.07, 6.45) is 1.09. The van der Waals surface area contributed by atoms with Gasteiger partial charge in [-0.3, -0.25) is 0 Å². The molecule has 3 heteroatoms. The first-order valence-electron chi connectivity index (χ1n) is 3.94. The van der Waals surface area contributed by atoms with E-state index in [1.807, 2.05) is 10.6 Å². The summed E-state index contributed by atoms with van der Waals surface area (Å²) in [6.45, 7) is 5.26. The predicted octanol–water partition coefficient (Wildman–Crippen LogP) is 1.47. The summed E-state index contributed by atoms with van der Waals surface area (Å²) in [7, 11) is 2.56. The van der Waals surface area contributed by atoms with Crippen molar-refractivity contribution in [2.24, 2.45) is 11.8 Å². The van der Waals surface area contributed by atoms with Crippen LogP contribution in [0, 0.1) is 11.8 Å². The van der Waals surface area contributed by atoms with E-state index in [1.165, 1.54) is 0 Å². The van der Waals surface area contributed by atoms with Crippen LogP contribution >= 0.6 is 9.39 Å². The van der Waals surface area contributed by atoms with Gasteiger partial charge < -0.3 is 4.67 Å². The van der Waals surface area contributed by atoms with Gasteiger partial charge in [-0.25, -0.2) is 4.79 Å². The molecule has 0 aromatic heterocycles. The third kappa shape index (κ3) is 1.64. The molecule has 1 saturated heterocycles. The highest BCUT2D eigenvalue weighted by Gasteiger charge is 2.28. The molecule has 0 aromatic carbocycles. The number of hydrogen-bond donors (Lipinski definition) is 0. The van der Waals surface area contributed by atoms with E-state index < -0.39 is 0 Å². The number of carbonyl (C=O) groups excluding carboxylic acids is 1. The highest BCUT2D eigenvalue weighted by Crippen LogP contribution is 2.33.